The number of carbonyl (C=O) groups is 2. The van der Waals surface area contributed by atoms with E-state index in [1.54, 1.807) is 18.2 Å². The highest BCUT2D eigenvalue weighted by Gasteiger charge is 2.39. The lowest BCUT2D eigenvalue weighted by Crippen LogP contribution is -2.39. The van der Waals surface area contributed by atoms with Gasteiger partial charge in [-0.3, -0.25) is 9.59 Å². The van der Waals surface area contributed by atoms with Crippen LogP contribution in [0.3, 0.4) is 0 Å². The van der Waals surface area contributed by atoms with Crippen LogP contribution in [0.4, 0.5) is 10.1 Å². The lowest BCUT2D eigenvalue weighted by molar-refractivity contribution is -0.126. The Morgan fingerprint density at radius 1 is 1.07 bits per heavy atom. The molecule has 0 radical (unpaired) electrons. The second-order valence-corrected chi connectivity index (χ2v) is 14.8. The molecule has 0 bridgehead atoms. The first kappa shape index (κ1) is 32.0. The highest BCUT2D eigenvalue weighted by molar-refractivity contribution is 7.90. The minimum absolute atomic E-state index is 0.0381. The molecular formula is C33H44FN5O4S. The van der Waals surface area contributed by atoms with Crippen LogP contribution in [0.15, 0.2) is 36.4 Å². The number of benzene rings is 2. The lowest BCUT2D eigenvalue weighted by Gasteiger charge is -2.31. The van der Waals surface area contributed by atoms with E-state index in [4.69, 9.17) is 5.73 Å². The van der Waals surface area contributed by atoms with Crippen molar-refractivity contribution in [2.24, 2.45) is 17.1 Å². The van der Waals surface area contributed by atoms with Crippen molar-refractivity contribution in [2.75, 3.05) is 37.2 Å². The average molecular weight is 626 g/mol. The first-order chi connectivity index (χ1) is 20.8. The maximum absolute atomic E-state index is 14.4. The smallest absolute Gasteiger partial charge is 0.250 e. The molecule has 2 aliphatic rings. The Balaban J connectivity index is 1.41. The number of anilines is 1. The monoisotopic (exact) mass is 625 g/mol. The molecule has 0 unspecified atom stereocenters. The van der Waals surface area contributed by atoms with Crippen molar-refractivity contribution in [3.63, 3.8) is 0 Å². The van der Waals surface area contributed by atoms with Crippen molar-refractivity contribution in [1.82, 2.24) is 14.2 Å². The van der Waals surface area contributed by atoms with Crippen LogP contribution in [0, 0.1) is 17.2 Å². The van der Waals surface area contributed by atoms with E-state index in [2.05, 4.69) is 29.4 Å². The summed E-state index contributed by atoms with van der Waals surface area (Å²) in [5, 5.41) is 7.23. The molecule has 3 aromatic rings. The van der Waals surface area contributed by atoms with Crippen LogP contribution in [0.5, 0.6) is 0 Å². The Labute approximate surface area is 259 Å². The van der Waals surface area contributed by atoms with E-state index in [1.807, 2.05) is 19.9 Å². The molecule has 2 aromatic carbocycles. The minimum Gasteiger partial charge on any atom is -0.382 e. The predicted molar refractivity (Wildman–Crippen MR) is 173 cm³/mol. The van der Waals surface area contributed by atoms with Gasteiger partial charge in [0.15, 0.2) is 0 Å². The van der Waals surface area contributed by atoms with Gasteiger partial charge in [-0.15, -0.1) is 0 Å². The number of nitrogens with two attached hydrogens (primary N) is 1. The van der Waals surface area contributed by atoms with Gasteiger partial charge in [0, 0.05) is 47.4 Å². The van der Waals surface area contributed by atoms with E-state index in [1.165, 1.54) is 16.1 Å². The van der Waals surface area contributed by atoms with E-state index in [-0.39, 0.29) is 23.6 Å². The molecule has 0 spiro atoms. The van der Waals surface area contributed by atoms with Crippen LogP contribution in [0.1, 0.15) is 69.4 Å². The maximum Gasteiger partial charge on any atom is 0.250 e. The predicted octanol–water partition coefficient (Wildman–Crippen LogP) is 4.74. The standard InChI is InChI=1S/C33H44FN5O4S/c1-5-38(6-2)16-15-36-32(41)21-7-11-24(12-8-21)37-27-17-22(9-13-25(27)31(35)40)30-26-14-10-23(34)18-28(26)39-29(30)19-33(3,4)20-44(39,42)43/h9-10,13-14,17-18,21,24,37H,5-8,11-12,15-16,19-20H2,1-4H3,(H2,35,40)(H,36,41). The zero-order valence-corrected chi connectivity index (χ0v) is 26.9. The van der Waals surface area contributed by atoms with Gasteiger partial charge in [-0.05, 0) is 86.5 Å². The number of fused-ring (bicyclic) bond motifs is 3. The second-order valence-electron chi connectivity index (χ2n) is 13.0. The van der Waals surface area contributed by atoms with E-state index in [0.717, 1.165) is 50.9 Å². The van der Waals surface area contributed by atoms with Crippen molar-refractivity contribution in [3.8, 4) is 11.1 Å². The summed E-state index contributed by atoms with van der Waals surface area (Å²) in [6.45, 7) is 11.4. The van der Waals surface area contributed by atoms with Crippen LogP contribution in [-0.4, -0.2) is 67.1 Å². The fourth-order valence-corrected chi connectivity index (χ4v) is 9.09. The van der Waals surface area contributed by atoms with Gasteiger partial charge in [0.1, 0.15) is 5.82 Å². The molecule has 1 aliphatic carbocycles. The Kier molecular flexibility index (Phi) is 9.09. The zero-order chi connectivity index (χ0) is 31.8. The van der Waals surface area contributed by atoms with Gasteiger partial charge in [-0.2, -0.15) is 0 Å². The fraction of sp³-hybridized carbons (Fsp3) is 0.515. The van der Waals surface area contributed by atoms with Crippen molar-refractivity contribution < 1.29 is 22.4 Å². The zero-order valence-electron chi connectivity index (χ0n) is 26.1. The van der Waals surface area contributed by atoms with Gasteiger partial charge in [-0.1, -0.05) is 33.8 Å². The van der Waals surface area contributed by atoms with E-state index in [0.29, 0.717) is 46.4 Å². The van der Waals surface area contributed by atoms with Crippen molar-refractivity contribution >= 4 is 38.4 Å². The van der Waals surface area contributed by atoms with E-state index >= 15 is 0 Å². The lowest BCUT2D eigenvalue weighted by atomic mass is 9.85. The summed E-state index contributed by atoms with van der Waals surface area (Å²) in [5.74, 6) is -1.08. The van der Waals surface area contributed by atoms with Crippen LogP contribution >= 0.6 is 0 Å². The number of aromatic nitrogens is 1. The van der Waals surface area contributed by atoms with Crippen molar-refractivity contribution in [1.29, 1.82) is 0 Å². The molecule has 5 rings (SSSR count). The highest BCUT2D eigenvalue weighted by Crippen LogP contribution is 2.44. The number of primary amides is 1. The number of hydrogen-bond acceptors (Lipinski definition) is 6. The fourth-order valence-electron chi connectivity index (χ4n) is 6.92. The van der Waals surface area contributed by atoms with Gasteiger partial charge in [-0.25, -0.2) is 16.8 Å². The summed E-state index contributed by atoms with van der Waals surface area (Å²) in [7, 11) is -3.73. The average Bonchev–Trinajstić information content (AvgIpc) is 3.27. The number of rotatable bonds is 10. The quantitative estimate of drug-likeness (QED) is 0.299. The van der Waals surface area contributed by atoms with Gasteiger partial charge in [0.05, 0.1) is 16.8 Å². The topological polar surface area (TPSA) is 127 Å². The largest absolute Gasteiger partial charge is 0.382 e. The third kappa shape index (κ3) is 6.49. The Bertz CT molecular complexity index is 1670. The number of nitrogens with one attached hydrogen (secondary N) is 2. The normalized spacial score (nSPS) is 20.8. The molecular weight excluding hydrogens is 581 g/mol. The van der Waals surface area contributed by atoms with E-state index in [9.17, 15) is 22.4 Å². The molecule has 44 heavy (non-hydrogen) atoms. The minimum atomic E-state index is -3.73. The van der Waals surface area contributed by atoms with Gasteiger partial charge >= 0.3 is 0 Å². The number of nitrogens with zero attached hydrogens (tertiary/aromatic N) is 2. The maximum atomic E-state index is 14.4. The number of likely N-dealkylation sites (N-methyl/N-ethyl adjacent to an activating group) is 1. The molecule has 238 valence electrons. The number of carbonyl (C=O) groups excluding carboxylic acids is 2. The Morgan fingerprint density at radius 3 is 2.43 bits per heavy atom. The van der Waals surface area contributed by atoms with Crippen LogP contribution in [0.25, 0.3) is 22.0 Å². The number of halogens is 1. The third-order valence-electron chi connectivity index (χ3n) is 9.13. The first-order valence-corrected chi connectivity index (χ1v) is 17.2. The van der Waals surface area contributed by atoms with Crippen LogP contribution in [-0.2, 0) is 21.2 Å². The molecule has 1 saturated carbocycles. The molecule has 0 atom stereocenters. The summed E-state index contributed by atoms with van der Waals surface area (Å²) < 4.78 is 42.6. The highest BCUT2D eigenvalue weighted by atomic mass is 32.2. The molecule has 2 amide bonds. The van der Waals surface area contributed by atoms with Crippen LogP contribution < -0.4 is 16.4 Å². The van der Waals surface area contributed by atoms with Crippen molar-refractivity contribution in [2.45, 2.75) is 65.8 Å². The van der Waals surface area contributed by atoms with Crippen LogP contribution in [0.2, 0.25) is 0 Å². The second kappa shape index (κ2) is 12.5. The Morgan fingerprint density at radius 2 is 1.77 bits per heavy atom. The summed E-state index contributed by atoms with van der Waals surface area (Å²) in [6.07, 6.45) is 3.46. The molecule has 2 heterocycles. The van der Waals surface area contributed by atoms with Gasteiger partial charge in [0.25, 0.3) is 5.91 Å². The molecule has 1 aromatic heterocycles. The molecule has 1 aliphatic heterocycles. The SMILES string of the molecule is CCN(CC)CCNC(=O)C1CCC(Nc2cc(-c3c4n(c5cc(F)ccc35)S(=O)(=O)CC(C)(C)C4)ccc2C(N)=O)CC1. The van der Waals surface area contributed by atoms with Gasteiger partial charge in [0.2, 0.25) is 15.9 Å². The third-order valence-corrected chi connectivity index (χ3v) is 11.3. The summed E-state index contributed by atoms with van der Waals surface area (Å²) in [5.41, 5.74) is 8.50. The molecule has 1 fully saturated rings. The summed E-state index contributed by atoms with van der Waals surface area (Å²) >= 11 is 0. The van der Waals surface area contributed by atoms with Crippen molar-refractivity contribution in [3.05, 3.63) is 53.5 Å². The number of amides is 2. The molecule has 9 nitrogen and oxygen atoms in total. The molecule has 4 N–H and O–H groups in total. The first-order valence-electron chi connectivity index (χ1n) is 15.6. The Hall–Kier alpha value is -3.44. The van der Waals surface area contributed by atoms with E-state index < -0.39 is 27.2 Å². The molecule has 11 heteroatoms. The summed E-state index contributed by atoms with van der Waals surface area (Å²) in [4.78, 5) is 27.5. The summed E-state index contributed by atoms with van der Waals surface area (Å²) in [6, 6.07) is 9.56. The van der Waals surface area contributed by atoms with Gasteiger partial charge < -0.3 is 21.3 Å². The molecule has 0 saturated heterocycles. The number of hydrogen-bond donors (Lipinski definition) is 3.